The molecule has 2 aromatic carbocycles. The standard InChI is InChI=1S/C21H23N3O3S/c1-24(12-15-5-4-6-18(11-15)27-3)13-20(25)23-21-22-19(14-28-21)16-7-9-17(26-2)10-8-16/h4-11,14H,12-13H2,1-3H3,(H,22,23,25). The first-order valence-electron chi connectivity index (χ1n) is 8.78. The molecule has 3 rings (SSSR count). The van der Waals surface area contributed by atoms with Gasteiger partial charge in [0.15, 0.2) is 5.13 Å². The van der Waals surface area contributed by atoms with Crippen molar-refractivity contribution in [3.63, 3.8) is 0 Å². The summed E-state index contributed by atoms with van der Waals surface area (Å²) >= 11 is 1.41. The van der Waals surface area contributed by atoms with Crippen LogP contribution in [-0.4, -0.2) is 43.6 Å². The number of nitrogens with zero attached hydrogens (tertiary/aromatic N) is 2. The van der Waals surface area contributed by atoms with Gasteiger partial charge in [-0.05, 0) is 49.0 Å². The SMILES string of the molecule is COc1ccc(-c2csc(NC(=O)CN(C)Cc3cccc(OC)c3)n2)cc1. The van der Waals surface area contributed by atoms with Crippen molar-refractivity contribution < 1.29 is 14.3 Å². The lowest BCUT2D eigenvalue weighted by atomic mass is 10.2. The van der Waals surface area contributed by atoms with Gasteiger partial charge in [0.25, 0.3) is 0 Å². The maximum atomic E-state index is 12.3. The first-order chi connectivity index (χ1) is 13.6. The molecule has 0 bridgehead atoms. The normalized spacial score (nSPS) is 10.7. The minimum absolute atomic E-state index is 0.0963. The highest BCUT2D eigenvalue weighted by molar-refractivity contribution is 7.14. The van der Waals surface area contributed by atoms with Gasteiger partial charge in [-0.25, -0.2) is 4.98 Å². The predicted molar refractivity (Wildman–Crippen MR) is 112 cm³/mol. The first kappa shape index (κ1) is 19.9. The van der Waals surface area contributed by atoms with Crippen LogP contribution >= 0.6 is 11.3 Å². The van der Waals surface area contributed by atoms with E-state index in [4.69, 9.17) is 9.47 Å². The molecule has 0 fully saturated rings. The van der Waals surface area contributed by atoms with Gasteiger partial charge in [0.2, 0.25) is 5.91 Å². The number of carbonyl (C=O) groups is 1. The zero-order chi connectivity index (χ0) is 19.9. The molecule has 0 unspecified atom stereocenters. The van der Waals surface area contributed by atoms with Crippen LogP contribution in [0.5, 0.6) is 11.5 Å². The fourth-order valence-electron chi connectivity index (χ4n) is 2.77. The van der Waals surface area contributed by atoms with Gasteiger partial charge in [-0.3, -0.25) is 9.69 Å². The average Bonchev–Trinajstić information content (AvgIpc) is 3.16. The maximum absolute atomic E-state index is 12.3. The average molecular weight is 398 g/mol. The van der Waals surface area contributed by atoms with Crippen LogP contribution < -0.4 is 14.8 Å². The fourth-order valence-corrected chi connectivity index (χ4v) is 3.50. The van der Waals surface area contributed by atoms with Crippen LogP contribution in [0.3, 0.4) is 0 Å². The molecular weight excluding hydrogens is 374 g/mol. The highest BCUT2D eigenvalue weighted by Gasteiger charge is 2.11. The van der Waals surface area contributed by atoms with Gasteiger partial charge in [0.1, 0.15) is 11.5 Å². The van der Waals surface area contributed by atoms with Gasteiger partial charge < -0.3 is 14.8 Å². The quantitative estimate of drug-likeness (QED) is 0.625. The van der Waals surface area contributed by atoms with Crippen LogP contribution in [0.2, 0.25) is 0 Å². The molecule has 28 heavy (non-hydrogen) atoms. The molecule has 1 amide bonds. The van der Waals surface area contributed by atoms with Gasteiger partial charge in [0, 0.05) is 17.5 Å². The first-order valence-corrected chi connectivity index (χ1v) is 9.66. The Balaban J connectivity index is 1.55. The van der Waals surface area contributed by atoms with Crippen LogP contribution in [0.4, 0.5) is 5.13 Å². The summed E-state index contributed by atoms with van der Waals surface area (Å²) in [6.07, 6.45) is 0. The molecule has 0 spiro atoms. The number of hydrogen-bond donors (Lipinski definition) is 1. The number of carbonyl (C=O) groups excluding carboxylic acids is 1. The smallest absolute Gasteiger partial charge is 0.240 e. The summed E-state index contributed by atoms with van der Waals surface area (Å²) in [6.45, 7) is 0.925. The van der Waals surface area contributed by atoms with E-state index < -0.39 is 0 Å². The molecule has 1 N–H and O–H groups in total. The van der Waals surface area contributed by atoms with E-state index in [9.17, 15) is 4.79 Å². The molecule has 0 aliphatic heterocycles. The fraction of sp³-hybridized carbons (Fsp3) is 0.238. The molecule has 146 valence electrons. The highest BCUT2D eigenvalue weighted by Crippen LogP contribution is 2.26. The Morgan fingerprint density at radius 3 is 2.57 bits per heavy atom. The van der Waals surface area contributed by atoms with Crippen molar-refractivity contribution in [2.75, 3.05) is 33.1 Å². The van der Waals surface area contributed by atoms with Gasteiger partial charge in [0.05, 0.1) is 26.5 Å². The molecule has 3 aromatic rings. The Kier molecular flexibility index (Phi) is 6.62. The molecular formula is C21H23N3O3S. The second-order valence-corrected chi connectivity index (χ2v) is 7.20. The Labute approximate surface area is 168 Å². The highest BCUT2D eigenvalue weighted by atomic mass is 32.1. The summed E-state index contributed by atoms with van der Waals surface area (Å²) < 4.78 is 10.4. The third-order valence-electron chi connectivity index (χ3n) is 4.14. The summed E-state index contributed by atoms with van der Waals surface area (Å²) in [5.41, 5.74) is 2.89. The second-order valence-electron chi connectivity index (χ2n) is 6.34. The number of nitrogens with one attached hydrogen (secondary N) is 1. The second kappa shape index (κ2) is 9.34. The number of amides is 1. The Morgan fingerprint density at radius 2 is 1.86 bits per heavy atom. The van der Waals surface area contributed by atoms with E-state index in [0.29, 0.717) is 11.7 Å². The van der Waals surface area contributed by atoms with Crippen molar-refractivity contribution in [1.82, 2.24) is 9.88 Å². The van der Waals surface area contributed by atoms with Gasteiger partial charge in [-0.2, -0.15) is 0 Å². The van der Waals surface area contributed by atoms with E-state index >= 15 is 0 Å². The molecule has 1 aromatic heterocycles. The number of aromatic nitrogens is 1. The lowest BCUT2D eigenvalue weighted by Crippen LogP contribution is -2.29. The summed E-state index contributed by atoms with van der Waals surface area (Å²) in [5.74, 6) is 1.51. The molecule has 0 atom stereocenters. The molecule has 7 heteroatoms. The molecule has 0 aliphatic rings. The summed E-state index contributed by atoms with van der Waals surface area (Å²) in [6, 6.07) is 15.5. The van der Waals surface area contributed by atoms with Crippen molar-refractivity contribution in [1.29, 1.82) is 0 Å². The van der Waals surface area contributed by atoms with E-state index in [1.807, 2.05) is 65.9 Å². The van der Waals surface area contributed by atoms with Crippen LogP contribution in [0, 0.1) is 0 Å². The van der Waals surface area contributed by atoms with Crippen molar-refractivity contribution in [3.05, 3.63) is 59.5 Å². The predicted octanol–water partition coefficient (Wildman–Crippen LogP) is 3.90. The lowest BCUT2D eigenvalue weighted by Gasteiger charge is -2.16. The van der Waals surface area contributed by atoms with Crippen LogP contribution in [0.1, 0.15) is 5.56 Å². The zero-order valence-electron chi connectivity index (χ0n) is 16.1. The molecule has 6 nitrogen and oxygen atoms in total. The minimum atomic E-state index is -0.0963. The number of ether oxygens (including phenoxy) is 2. The van der Waals surface area contributed by atoms with E-state index in [-0.39, 0.29) is 12.5 Å². The van der Waals surface area contributed by atoms with Gasteiger partial charge in [-0.15, -0.1) is 11.3 Å². The van der Waals surface area contributed by atoms with Gasteiger partial charge >= 0.3 is 0 Å². The molecule has 0 radical (unpaired) electrons. The summed E-state index contributed by atoms with van der Waals surface area (Å²) in [7, 11) is 5.19. The number of likely N-dealkylation sites (N-methyl/N-ethyl adjacent to an activating group) is 1. The van der Waals surface area contributed by atoms with E-state index in [1.165, 1.54) is 11.3 Å². The number of rotatable bonds is 8. The maximum Gasteiger partial charge on any atom is 0.240 e. The van der Waals surface area contributed by atoms with Crippen LogP contribution in [0.25, 0.3) is 11.3 Å². The zero-order valence-corrected chi connectivity index (χ0v) is 17.0. The molecule has 0 aliphatic carbocycles. The van der Waals surface area contributed by atoms with Crippen molar-refractivity contribution in [3.8, 4) is 22.8 Å². The number of hydrogen-bond acceptors (Lipinski definition) is 6. The van der Waals surface area contributed by atoms with Crippen LogP contribution in [-0.2, 0) is 11.3 Å². The molecule has 1 heterocycles. The lowest BCUT2D eigenvalue weighted by molar-refractivity contribution is -0.117. The van der Waals surface area contributed by atoms with Gasteiger partial charge in [-0.1, -0.05) is 12.1 Å². The van der Waals surface area contributed by atoms with E-state index in [2.05, 4.69) is 10.3 Å². The summed E-state index contributed by atoms with van der Waals surface area (Å²) in [4.78, 5) is 18.8. The number of benzene rings is 2. The number of thiazole rings is 1. The monoisotopic (exact) mass is 397 g/mol. The number of methoxy groups -OCH3 is 2. The third kappa shape index (κ3) is 5.31. The largest absolute Gasteiger partial charge is 0.497 e. The minimum Gasteiger partial charge on any atom is -0.497 e. The van der Waals surface area contributed by atoms with Crippen molar-refractivity contribution >= 4 is 22.4 Å². The molecule has 0 saturated carbocycles. The topological polar surface area (TPSA) is 63.7 Å². The summed E-state index contributed by atoms with van der Waals surface area (Å²) in [5, 5.41) is 5.39. The van der Waals surface area contributed by atoms with Crippen molar-refractivity contribution in [2.45, 2.75) is 6.54 Å². The van der Waals surface area contributed by atoms with Crippen molar-refractivity contribution in [2.24, 2.45) is 0 Å². The van der Waals surface area contributed by atoms with E-state index in [1.54, 1.807) is 14.2 Å². The number of anilines is 1. The third-order valence-corrected chi connectivity index (χ3v) is 4.89. The Morgan fingerprint density at radius 1 is 1.11 bits per heavy atom. The molecule has 0 saturated heterocycles. The Hall–Kier alpha value is -2.90. The Bertz CT molecular complexity index is 925. The van der Waals surface area contributed by atoms with E-state index in [0.717, 1.165) is 28.3 Å². The van der Waals surface area contributed by atoms with Crippen LogP contribution in [0.15, 0.2) is 53.9 Å².